The molecule has 2 aliphatic rings. The minimum atomic E-state index is -0.0480. The Kier molecular flexibility index (Phi) is 9.12. The number of amides is 2. The second-order valence-electron chi connectivity index (χ2n) is 11.3. The Morgan fingerprint density at radius 2 is 1.82 bits per heavy atom. The Balaban J connectivity index is 1.40. The Morgan fingerprint density at radius 1 is 1.02 bits per heavy atom. The van der Waals surface area contributed by atoms with Crippen molar-refractivity contribution in [2.45, 2.75) is 52.0 Å². The quantitative estimate of drug-likeness (QED) is 0.344. The molecule has 0 bridgehead atoms. The Hall–Kier alpha value is -3.71. The molecule has 210 valence electrons. The molecule has 7 heteroatoms. The van der Waals surface area contributed by atoms with Gasteiger partial charge in [0, 0.05) is 44.5 Å². The highest BCUT2D eigenvalue weighted by molar-refractivity contribution is 5.97. The minimum Gasteiger partial charge on any atom is -0.370 e. The van der Waals surface area contributed by atoms with E-state index in [-0.39, 0.29) is 17.7 Å². The van der Waals surface area contributed by atoms with Gasteiger partial charge in [-0.2, -0.15) is 0 Å². The van der Waals surface area contributed by atoms with E-state index in [0.29, 0.717) is 25.2 Å². The molecule has 0 unspecified atom stereocenters. The maximum Gasteiger partial charge on any atom is 0.255 e. The van der Waals surface area contributed by atoms with Gasteiger partial charge in [0.25, 0.3) is 5.91 Å². The predicted octanol–water partition coefficient (Wildman–Crippen LogP) is 5.71. The molecule has 5 rings (SSSR count). The summed E-state index contributed by atoms with van der Waals surface area (Å²) in [7, 11) is 0. The van der Waals surface area contributed by atoms with Gasteiger partial charge in [-0.1, -0.05) is 37.6 Å². The van der Waals surface area contributed by atoms with Crippen LogP contribution in [0.3, 0.4) is 0 Å². The van der Waals surface area contributed by atoms with Gasteiger partial charge in [0.1, 0.15) is 0 Å². The molecule has 1 saturated carbocycles. The molecular weight excluding hydrogens is 498 g/mol. The van der Waals surface area contributed by atoms with Crippen molar-refractivity contribution in [3.05, 3.63) is 78.1 Å². The normalized spacial score (nSPS) is 15.9. The molecule has 0 atom stereocenters. The van der Waals surface area contributed by atoms with Gasteiger partial charge in [-0.05, 0) is 91.6 Å². The zero-order valence-electron chi connectivity index (χ0n) is 23.5. The third kappa shape index (κ3) is 6.70. The number of carbonyl (C=O) groups excluding carboxylic acids is 2. The molecule has 2 aromatic carbocycles. The topological polar surface area (TPSA) is 91.6 Å². The molecule has 1 aliphatic heterocycles. The average Bonchev–Trinajstić information content (AvgIpc) is 2.95. The molecule has 40 heavy (non-hydrogen) atoms. The second-order valence-corrected chi connectivity index (χ2v) is 11.3. The number of hydrogen-bond donors (Lipinski definition) is 2. The van der Waals surface area contributed by atoms with Gasteiger partial charge < -0.3 is 20.9 Å². The molecule has 3 N–H and O–H groups in total. The largest absolute Gasteiger partial charge is 0.370 e. The van der Waals surface area contributed by atoms with Gasteiger partial charge in [0.15, 0.2) is 0 Å². The van der Waals surface area contributed by atoms with Crippen molar-refractivity contribution in [3.63, 3.8) is 0 Å². The fourth-order valence-electron chi connectivity index (χ4n) is 5.52. The van der Waals surface area contributed by atoms with Crippen LogP contribution in [0.5, 0.6) is 0 Å². The number of nitrogens with two attached hydrogens (primary N) is 1. The van der Waals surface area contributed by atoms with Crippen LogP contribution in [0.4, 0.5) is 11.4 Å². The summed E-state index contributed by atoms with van der Waals surface area (Å²) in [5.41, 5.74) is 11.5. The van der Waals surface area contributed by atoms with Crippen molar-refractivity contribution in [1.82, 2.24) is 9.88 Å². The average molecular weight is 540 g/mol. The van der Waals surface area contributed by atoms with Gasteiger partial charge in [-0.15, -0.1) is 0 Å². The first-order valence-electron chi connectivity index (χ1n) is 14.7. The Labute approximate surface area is 237 Å². The van der Waals surface area contributed by atoms with Crippen molar-refractivity contribution < 1.29 is 9.59 Å². The number of piperidine rings is 1. The first-order valence-corrected chi connectivity index (χ1v) is 14.7. The molecule has 1 aromatic heterocycles. The number of nitrogens with one attached hydrogen (secondary N) is 1. The number of carbonyl (C=O) groups is 2. The van der Waals surface area contributed by atoms with E-state index >= 15 is 0 Å². The Morgan fingerprint density at radius 3 is 2.52 bits per heavy atom. The van der Waals surface area contributed by atoms with Crippen LogP contribution in [0.15, 0.2) is 67.0 Å². The van der Waals surface area contributed by atoms with Gasteiger partial charge >= 0.3 is 0 Å². The van der Waals surface area contributed by atoms with Crippen LogP contribution in [0.2, 0.25) is 0 Å². The smallest absolute Gasteiger partial charge is 0.255 e. The van der Waals surface area contributed by atoms with Gasteiger partial charge in [0.05, 0.1) is 16.9 Å². The van der Waals surface area contributed by atoms with E-state index in [1.165, 1.54) is 0 Å². The second kappa shape index (κ2) is 13.1. The lowest BCUT2D eigenvalue weighted by atomic mass is 9.84. The van der Waals surface area contributed by atoms with Crippen molar-refractivity contribution in [3.8, 4) is 11.1 Å². The Bertz CT molecular complexity index is 1300. The number of benzene rings is 2. The third-order valence-electron chi connectivity index (χ3n) is 8.32. The lowest BCUT2D eigenvalue weighted by molar-refractivity contribution is -0.122. The summed E-state index contributed by atoms with van der Waals surface area (Å²) in [5, 5.41) is 3.28. The molecule has 3 aromatic rings. The lowest BCUT2D eigenvalue weighted by Gasteiger charge is -2.34. The van der Waals surface area contributed by atoms with Crippen LogP contribution in [-0.4, -0.2) is 47.9 Å². The maximum absolute atomic E-state index is 13.3. The summed E-state index contributed by atoms with van der Waals surface area (Å²) in [5.74, 6) is 0.945. The van der Waals surface area contributed by atoms with E-state index in [1.807, 2.05) is 11.0 Å². The molecule has 7 nitrogen and oxygen atoms in total. The fraction of sp³-hybridized carbons (Fsp3) is 0.424. The van der Waals surface area contributed by atoms with Crippen LogP contribution in [0.25, 0.3) is 11.1 Å². The molecule has 2 heterocycles. The highest BCUT2D eigenvalue weighted by Gasteiger charge is 2.27. The zero-order chi connectivity index (χ0) is 27.9. The summed E-state index contributed by atoms with van der Waals surface area (Å²) < 4.78 is 0. The molecule has 2 amide bonds. The first kappa shape index (κ1) is 27.8. The van der Waals surface area contributed by atoms with Crippen LogP contribution in [0, 0.1) is 11.8 Å². The van der Waals surface area contributed by atoms with E-state index in [9.17, 15) is 9.59 Å². The van der Waals surface area contributed by atoms with Crippen LogP contribution >= 0.6 is 0 Å². The van der Waals surface area contributed by atoms with Crippen molar-refractivity contribution in [2.75, 3.05) is 36.4 Å². The number of rotatable bonds is 10. The third-order valence-corrected chi connectivity index (χ3v) is 8.32. The van der Waals surface area contributed by atoms with Gasteiger partial charge in [-0.25, -0.2) is 0 Å². The number of nitrogens with zero attached hydrogens (tertiary/aromatic N) is 3. The van der Waals surface area contributed by atoms with E-state index in [4.69, 9.17) is 5.73 Å². The number of aromatic nitrogens is 1. The van der Waals surface area contributed by atoms with Crippen LogP contribution in [-0.2, 0) is 11.3 Å². The van der Waals surface area contributed by atoms with Crippen LogP contribution < -0.4 is 16.0 Å². The van der Waals surface area contributed by atoms with Crippen molar-refractivity contribution >= 4 is 23.2 Å². The van der Waals surface area contributed by atoms with Crippen molar-refractivity contribution in [1.29, 1.82) is 0 Å². The minimum absolute atomic E-state index is 0.0480. The highest BCUT2D eigenvalue weighted by atomic mass is 16.2. The number of anilines is 2. The van der Waals surface area contributed by atoms with E-state index in [0.717, 1.165) is 85.6 Å². The number of pyridine rings is 1. The summed E-state index contributed by atoms with van der Waals surface area (Å²) in [6, 6.07) is 18.3. The van der Waals surface area contributed by atoms with E-state index in [2.05, 4.69) is 58.5 Å². The summed E-state index contributed by atoms with van der Waals surface area (Å²) >= 11 is 0. The monoisotopic (exact) mass is 539 g/mol. The summed E-state index contributed by atoms with van der Waals surface area (Å²) in [6.07, 6.45) is 9.42. The molecule has 0 spiro atoms. The van der Waals surface area contributed by atoms with E-state index < -0.39 is 0 Å². The molecule has 1 saturated heterocycles. The molecule has 2 fully saturated rings. The van der Waals surface area contributed by atoms with Crippen molar-refractivity contribution in [2.24, 2.45) is 17.6 Å². The lowest BCUT2D eigenvalue weighted by Crippen LogP contribution is -2.34. The molecule has 0 radical (unpaired) electrons. The molecular formula is C33H41N5O2. The van der Waals surface area contributed by atoms with Crippen LogP contribution in [0.1, 0.15) is 61.4 Å². The SMILES string of the molecule is CC1CCN(c2ccc(-c3cccc(CN(CCCN)C(=O)c4cccnc4)c3)cc2NC(=O)C2CCC2)CC1. The van der Waals surface area contributed by atoms with Gasteiger partial charge in [0.2, 0.25) is 5.91 Å². The molecule has 1 aliphatic carbocycles. The summed E-state index contributed by atoms with van der Waals surface area (Å²) in [6.45, 7) is 5.91. The predicted molar refractivity (Wildman–Crippen MR) is 161 cm³/mol. The summed E-state index contributed by atoms with van der Waals surface area (Å²) in [4.78, 5) is 34.6. The fourth-order valence-corrected chi connectivity index (χ4v) is 5.52. The zero-order valence-corrected chi connectivity index (χ0v) is 23.5. The first-order chi connectivity index (χ1) is 19.5. The van der Waals surface area contributed by atoms with E-state index in [1.54, 1.807) is 24.5 Å². The standard InChI is InChI=1S/C33H41N5O2/c1-24-13-18-37(19-14-24)31-12-11-28(21-30(31)36-32(39)26-7-3-8-26)27-9-2-6-25(20-27)23-38(17-5-15-34)33(40)29-10-4-16-35-22-29/h2,4,6,9-12,16,20-22,24,26H,3,5,7-8,13-15,17-19,23,34H2,1H3,(H,36,39). The van der Waals surface area contributed by atoms with Gasteiger partial charge in [-0.3, -0.25) is 14.6 Å². The number of hydrogen-bond acceptors (Lipinski definition) is 5. The highest BCUT2D eigenvalue weighted by Crippen LogP contribution is 2.36. The maximum atomic E-state index is 13.3.